The Morgan fingerprint density at radius 2 is 2.16 bits per heavy atom. The Morgan fingerprint density at radius 1 is 1.31 bits per heavy atom. The van der Waals surface area contributed by atoms with E-state index >= 15 is 0 Å². The highest BCUT2D eigenvalue weighted by Gasteiger charge is 2.31. The van der Waals surface area contributed by atoms with Crippen molar-refractivity contribution >= 4 is 17.4 Å². The molecule has 1 fully saturated rings. The van der Waals surface area contributed by atoms with Gasteiger partial charge in [0, 0.05) is 76.5 Å². The third-order valence-corrected chi connectivity index (χ3v) is 6.57. The first-order valence-corrected chi connectivity index (χ1v) is 11.4. The number of aromatic nitrogens is 2. The van der Waals surface area contributed by atoms with Gasteiger partial charge in [0.25, 0.3) is 0 Å². The SMILES string of the molecule is CNc1nc(C2CCN(C(=O)CCN(C)c3cccc(OC)c3)C2)nc2c1CCN(C)C2. The van der Waals surface area contributed by atoms with Crippen molar-refractivity contribution in [1.29, 1.82) is 0 Å². The van der Waals surface area contributed by atoms with Gasteiger partial charge in [0.1, 0.15) is 17.4 Å². The molecule has 0 saturated carbocycles. The molecular formula is C24H34N6O2. The van der Waals surface area contributed by atoms with E-state index in [1.54, 1.807) is 7.11 Å². The summed E-state index contributed by atoms with van der Waals surface area (Å²) >= 11 is 0. The number of anilines is 2. The quantitative estimate of drug-likeness (QED) is 0.711. The normalized spacial score (nSPS) is 18.4. The average Bonchev–Trinajstić information content (AvgIpc) is 3.32. The summed E-state index contributed by atoms with van der Waals surface area (Å²) in [5.74, 6) is 3.02. The van der Waals surface area contributed by atoms with Crippen LogP contribution in [0.2, 0.25) is 0 Å². The number of likely N-dealkylation sites (tertiary alicyclic amines) is 1. The average molecular weight is 439 g/mol. The second-order valence-electron chi connectivity index (χ2n) is 8.79. The Bertz CT molecular complexity index is 966. The van der Waals surface area contributed by atoms with Crippen molar-refractivity contribution in [1.82, 2.24) is 19.8 Å². The van der Waals surface area contributed by atoms with Crippen molar-refractivity contribution in [2.24, 2.45) is 0 Å². The largest absolute Gasteiger partial charge is 0.497 e. The number of carbonyl (C=O) groups is 1. The Morgan fingerprint density at radius 3 is 2.94 bits per heavy atom. The molecule has 2 aliphatic heterocycles. The fourth-order valence-corrected chi connectivity index (χ4v) is 4.57. The van der Waals surface area contributed by atoms with E-state index < -0.39 is 0 Å². The Balaban J connectivity index is 1.37. The Hall–Kier alpha value is -2.87. The lowest BCUT2D eigenvalue weighted by Gasteiger charge is -2.26. The molecule has 1 N–H and O–H groups in total. The van der Waals surface area contributed by atoms with Crippen LogP contribution >= 0.6 is 0 Å². The van der Waals surface area contributed by atoms with Crippen molar-refractivity contribution in [3.63, 3.8) is 0 Å². The van der Waals surface area contributed by atoms with Crippen LogP contribution in [0.5, 0.6) is 5.75 Å². The number of ether oxygens (including phenoxy) is 1. The Labute approximate surface area is 190 Å². The highest BCUT2D eigenvalue weighted by molar-refractivity contribution is 5.77. The number of fused-ring (bicyclic) bond motifs is 1. The molecule has 172 valence electrons. The number of carbonyl (C=O) groups excluding carboxylic acids is 1. The van der Waals surface area contributed by atoms with Gasteiger partial charge in [-0.25, -0.2) is 9.97 Å². The molecule has 1 aromatic heterocycles. The van der Waals surface area contributed by atoms with Crippen molar-refractivity contribution in [3.8, 4) is 5.75 Å². The number of methoxy groups -OCH3 is 1. The third kappa shape index (κ3) is 4.80. The predicted octanol–water partition coefficient (Wildman–Crippen LogP) is 2.36. The minimum atomic E-state index is 0.189. The van der Waals surface area contributed by atoms with Crippen LogP contribution in [-0.4, -0.2) is 80.1 Å². The van der Waals surface area contributed by atoms with Gasteiger partial charge in [0.05, 0.1) is 12.8 Å². The highest BCUT2D eigenvalue weighted by atomic mass is 16.5. The molecular weight excluding hydrogens is 404 g/mol. The van der Waals surface area contributed by atoms with Gasteiger partial charge < -0.3 is 24.8 Å². The van der Waals surface area contributed by atoms with E-state index in [0.29, 0.717) is 19.5 Å². The maximum absolute atomic E-state index is 12.9. The van der Waals surface area contributed by atoms with Crippen LogP contribution in [0.4, 0.5) is 11.5 Å². The number of hydrogen-bond acceptors (Lipinski definition) is 7. The number of rotatable bonds is 7. The van der Waals surface area contributed by atoms with Crippen LogP contribution in [0.1, 0.15) is 35.8 Å². The van der Waals surface area contributed by atoms with Gasteiger partial charge in [0.15, 0.2) is 0 Å². The number of nitrogens with zero attached hydrogens (tertiary/aromatic N) is 5. The van der Waals surface area contributed by atoms with Crippen LogP contribution in [-0.2, 0) is 17.8 Å². The van der Waals surface area contributed by atoms with Crippen LogP contribution in [0.25, 0.3) is 0 Å². The molecule has 0 bridgehead atoms. The molecule has 3 heterocycles. The maximum Gasteiger partial charge on any atom is 0.224 e. The summed E-state index contributed by atoms with van der Waals surface area (Å²) in [6.07, 6.45) is 2.37. The molecule has 4 rings (SSSR count). The van der Waals surface area contributed by atoms with Crippen LogP contribution in [0.3, 0.4) is 0 Å². The zero-order chi connectivity index (χ0) is 22.7. The van der Waals surface area contributed by atoms with E-state index in [0.717, 1.165) is 61.2 Å². The van der Waals surface area contributed by atoms with Gasteiger partial charge in [-0.05, 0) is 32.0 Å². The number of nitrogens with one attached hydrogen (secondary N) is 1. The van der Waals surface area contributed by atoms with Gasteiger partial charge in [0.2, 0.25) is 5.91 Å². The molecule has 0 radical (unpaired) electrons. The molecule has 0 spiro atoms. The lowest BCUT2D eigenvalue weighted by molar-refractivity contribution is -0.129. The van der Waals surface area contributed by atoms with Gasteiger partial charge in [-0.3, -0.25) is 4.79 Å². The van der Waals surface area contributed by atoms with Gasteiger partial charge in [-0.1, -0.05) is 6.07 Å². The predicted molar refractivity (Wildman–Crippen MR) is 126 cm³/mol. The monoisotopic (exact) mass is 438 g/mol. The smallest absolute Gasteiger partial charge is 0.224 e. The molecule has 32 heavy (non-hydrogen) atoms. The summed E-state index contributed by atoms with van der Waals surface area (Å²) < 4.78 is 5.30. The molecule has 1 aromatic carbocycles. The van der Waals surface area contributed by atoms with Crippen LogP contribution in [0, 0.1) is 0 Å². The number of likely N-dealkylation sites (N-methyl/N-ethyl adjacent to an activating group) is 1. The third-order valence-electron chi connectivity index (χ3n) is 6.57. The lowest BCUT2D eigenvalue weighted by Crippen LogP contribution is -2.32. The summed E-state index contributed by atoms with van der Waals surface area (Å²) in [7, 11) is 7.72. The fraction of sp³-hybridized carbons (Fsp3) is 0.542. The standard InChI is InChI=1S/C24H34N6O2/c1-25-24-20-9-11-28(2)16-21(20)26-23(27-24)17-8-13-30(15-17)22(31)10-12-29(3)18-6-5-7-19(14-18)32-4/h5-7,14,17H,8-13,15-16H2,1-4H3,(H,25,26,27). The van der Waals surface area contributed by atoms with Crippen LogP contribution in [0.15, 0.2) is 24.3 Å². The van der Waals surface area contributed by atoms with Crippen LogP contribution < -0.4 is 15.0 Å². The molecule has 1 atom stereocenters. The molecule has 8 nitrogen and oxygen atoms in total. The molecule has 8 heteroatoms. The summed E-state index contributed by atoms with van der Waals surface area (Å²) in [5, 5.41) is 3.26. The van der Waals surface area contributed by atoms with E-state index in [1.807, 2.05) is 43.3 Å². The molecule has 0 aliphatic carbocycles. The van der Waals surface area contributed by atoms with Gasteiger partial charge >= 0.3 is 0 Å². The second kappa shape index (κ2) is 9.73. The number of benzene rings is 1. The molecule has 1 amide bonds. The lowest BCUT2D eigenvalue weighted by atomic mass is 10.0. The number of hydrogen-bond donors (Lipinski definition) is 1. The summed E-state index contributed by atoms with van der Waals surface area (Å²) in [6.45, 7) is 4.01. The first kappa shape index (κ1) is 22.3. The zero-order valence-corrected chi connectivity index (χ0v) is 19.6. The minimum Gasteiger partial charge on any atom is -0.497 e. The molecule has 2 aliphatic rings. The summed E-state index contributed by atoms with van der Waals surface area (Å²) in [6, 6.07) is 7.91. The first-order chi connectivity index (χ1) is 15.5. The fourth-order valence-electron chi connectivity index (χ4n) is 4.57. The Kier molecular flexibility index (Phi) is 6.79. The minimum absolute atomic E-state index is 0.189. The van der Waals surface area contributed by atoms with E-state index in [4.69, 9.17) is 14.7 Å². The van der Waals surface area contributed by atoms with Gasteiger partial charge in [-0.2, -0.15) is 0 Å². The molecule has 1 saturated heterocycles. The van der Waals surface area contributed by atoms with E-state index in [2.05, 4.69) is 22.2 Å². The topological polar surface area (TPSA) is 73.8 Å². The van der Waals surface area contributed by atoms with E-state index in [-0.39, 0.29) is 11.8 Å². The first-order valence-electron chi connectivity index (χ1n) is 11.4. The molecule has 1 unspecified atom stereocenters. The summed E-state index contributed by atoms with van der Waals surface area (Å²) in [5.41, 5.74) is 3.40. The van der Waals surface area contributed by atoms with E-state index in [9.17, 15) is 4.79 Å². The van der Waals surface area contributed by atoms with Crippen molar-refractivity contribution in [3.05, 3.63) is 41.3 Å². The maximum atomic E-state index is 12.9. The van der Waals surface area contributed by atoms with Gasteiger partial charge in [-0.15, -0.1) is 0 Å². The summed E-state index contributed by atoms with van der Waals surface area (Å²) in [4.78, 5) is 29.0. The van der Waals surface area contributed by atoms with Crippen molar-refractivity contribution < 1.29 is 9.53 Å². The second-order valence-corrected chi connectivity index (χ2v) is 8.79. The van der Waals surface area contributed by atoms with Crippen molar-refractivity contribution in [2.45, 2.75) is 31.7 Å². The van der Waals surface area contributed by atoms with Crippen molar-refractivity contribution in [2.75, 3.05) is 64.6 Å². The molecule has 2 aromatic rings. The highest BCUT2D eigenvalue weighted by Crippen LogP contribution is 2.30. The van der Waals surface area contributed by atoms with E-state index in [1.165, 1.54) is 5.56 Å². The zero-order valence-electron chi connectivity index (χ0n) is 19.6. The number of amides is 1.